The number of nitrogens with one attached hydrogen (secondary N) is 1. The zero-order valence-corrected chi connectivity index (χ0v) is 8.96. The molecule has 3 rings (SSSR count). The zero-order chi connectivity index (χ0) is 10.1. The third-order valence-corrected chi connectivity index (χ3v) is 3.41. The fraction of sp³-hybridized carbons (Fsp3) is 0.400. The highest BCUT2D eigenvalue weighted by Crippen LogP contribution is 2.26. The zero-order valence-electron chi connectivity index (χ0n) is 8.14. The average molecular weight is 221 g/mol. The normalized spacial score (nSPS) is 20.9. The van der Waals surface area contributed by atoms with E-state index in [9.17, 15) is 0 Å². The molecule has 0 saturated carbocycles. The van der Waals surface area contributed by atoms with Gasteiger partial charge in [-0.25, -0.2) is 0 Å². The van der Waals surface area contributed by atoms with Crippen molar-refractivity contribution in [2.75, 3.05) is 6.54 Å². The lowest BCUT2D eigenvalue weighted by Crippen LogP contribution is -2.12. The Morgan fingerprint density at radius 1 is 1.53 bits per heavy atom. The lowest BCUT2D eigenvalue weighted by molar-refractivity contribution is 0.345. The van der Waals surface area contributed by atoms with Crippen molar-refractivity contribution in [1.29, 1.82) is 0 Å². The van der Waals surface area contributed by atoms with E-state index in [4.69, 9.17) is 4.52 Å². The van der Waals surface area contributed by atoms with Crippen LogP contribution in [-0.2, 0) is 0 Å². The third kappa shape index (κ3) is 1.68. The van der Waals surface area contributed by atoms with E-state index in [1.165, 1.54) is 6.42 Å². The summed E-state index contributed by atoms with van der Waals surface area (Å²) in [4.78, 5) is 5.46. The molecule has 0 unspecified atom stereocenters. The molecule has 3 heterocycles. The fourth-order valence-electron chi connectivity index (χ4n) is 1.78. The first-order valence-corrected chi connectivity index (χ1v) is 5.92. The second-order valence-electron chi connectivity index (χ2n) is 3.58. The monoisotopic (exact) mass is 221 g/mol. The van der Waals surface area contributed by atoms with Gasteiger partial charge in [0.1, 0.15) is 0 Å². The molecular formula is C10H11N3OS. The summed E-state index contributed by atoms with van der Waals surface area (Å²) in [6.45, 7) is 1.04. The van der Waals surface area contributed by atoms with Crippen LogP contribution in [0.1, 0.15) is 24.8 Å². The second kappa shape index (κ2) is 3.75. The number of hydrogen-bond donors (Lipinski definition) is 1. The minimum absolute atomic E-state index is 0.256. The molecule has 0 aromatic carbocycles. The van der Waals surface area contributed by atoms with Crippen molar-refractivity contribution in [2.45, 2.75) is 18.9 Å². The summed E-state index contributed by atoms with van der Waals surface area (Å²) >= 11 is 1.63. The summed E-state index contributed by atoms with van der Waals surface area (Å²) in [5.74, 6) is 1.42. The van der Waals surface area contributed by atoms with Crippen LogP contribution < -0.4 is 5.32 Å². The van der Waals surface area contributed by atoms with Crippen LogP contribution >= 0.6 is 11.3 Å². The molecule has 2 aromatic rings. The van der Waals surface area contributed by atoms with Crippen LogP contribution in [0.5, 0.6) is 0 Å². The Kier molecular flexibility index (Phi) is 2.26. The molecule has 4 nitrogen and oxygen atoms in total. The van der Waals surface area contributed by atoms with E-state index in [-0.39, 0.29) is 6.04 Å². The van der Waals surface area contributed by atoms with Crippen LogP contribution in [0, 0.1) is 0 Å². The van der Waals surface area contributed by atoms with Crippen LogP contribution in [-0.4, -0.2) is 16.7 Å². The van der Waals surface area contributed by atoms with Gasteiger partial charge in [0.05, 0.1) is 10.9 Å². The first-order valence-electron chi connectivity index (χ1n) is 5.04. The van der Waals surface area contributed by atoms with Crippen LogP contribution in [0.4, 0.5) is 0 Å². The highest BCUT2D eigenvalue weighted by Gasteiger charge is 2.22. The van der Waals surface area contributed by atoms with Gasteiger partial charge in [0.15, 0.2) is 0 Å². The van der Waals surface area contributed by atoms with E-state index in [0.717, 1.165) is 23.7 Å². The first-order chi connectivity index (χ1) is 7.43. The number of thiophene rings is 1. The molecule has 0 bridgehead atoms. The third-order valence-electron chi connectivity index (χ3n) is 2.54. The van der Waals surface area contributed by atoms with Gasteiger partial charge >= 0.3 is 0 Å². The molecule has 1 aliphatic rings. The summed E-state index contributed by atoms with van der Waals surface area (Å²) in [5.41, 5.74) is 0. The second-order valence-corrected chi connectivity index (χ2v) is 4.53. The molecule has 5 heteroatoms. The number of hydrogen-bond acceptors (Lipinski definition) is 5. The molecule has 15 heavy (non-hydrogen) atoms. The Hall–Kier alpha value is -1.20. The van der Waals surface area contributed by atoms with E-state index in [1.54, 1.807) is 11.3 Å². The van der Waals surface area contributed by atoms with Crippen molar-refractivity contribution in [3.63, 3.8) is 0 Å². The van der Waals surface area contributed by atoms with Gasteiger partial charge in [-0.2, -0.15) is 4.98 Å². The van der Waals surface area contributed by atoms with E-state index < -0.39 is 0 Å². The van der Waals surface area contributed by atoms with Gasteiger partial charge in [0.2, 0.25) is 11.7 Å². The molecule has 0 radical (unpaired) electrons. The average Bonchev–Trinajstić information content (AvgIpc) is 3.02. The van der Waals surface area contributed by atoms with E-state index >= 15 is 0 Å². The van der Waals surface area contributed by atoms with Gasteiger partial charge in [-0.3, -0.25) is 0 Å². The van der Waals surface area contributed by atoms with E-state index in [0.29, 0.717) is 5.82 Å². The van der Waals surface area contributed by atoms with Crippen LogP contribution in [0.3, 0.4) is 0 Å². The van der Waals surface area contributed by atoms with Gasteiger partial charge in [-0.1, -0.05) is 11.2 Å². The summed E-state index contributed by atoms with van der Waals surface area (Å²) in [6, 6.07) is 4.25. The number of aromatic nitrogens is 2. The predicted molar refractivity (Wildman–Crippen MR) is 57.6 cm³/mol. The maximum Gasteiger partial charge on any atom is 0.244 e. The Morgan fingerprint density at radius 3 is 3.27 bits per heavy atom. The SMILES string of the molecule is c1csc(-c2noc([C@H]3CCCN3)n2)c1. The Morgan fingerprint density at radius 2 is 2.53 bits per heavy atom. The van der Waals surface area contributed by atoms with Crippen molar-refractivity contribution in [3.8, 4) is 10.7 Å². The van der Waals surface area contributed by atoms with Crippen LogP contribution in [0.15, 0.2) is 22.0 Å². The molecule has 1 aliphatic heterocycles. The van der Waals surface area contributed by atoms with Gasteiger partial charge in [0.25, 0.3) is 0 Å². The summed E-state index contributed by atoms with van der Waals surface area (Å²) < 4.78 is 5.26. The number of rotatable bonds is 2. The van der Waals surface area contributed by atoms with Crippen molar-refractivity contribution >= 4 is 11.3 Å². The molecular weight excluding hydrogens is 210 g/mol. The van der Waals surface area contributed by atoms with Crippen molar-refractivity contribution in [1.82, 2.24) is 15.5 Å². The molecule has 0 amide bonds. The Balaban J connectivity index is 1.87. The fourth-order valence-corrected chi connectivity index (χ4v) is 2.43. The molecule has 0 aliphatic carbocycles. The topological polar surface area (TPSA) is 51.0 Å². The molecule has 2 aromatic heterocycles. The largest absolute Gasteiger partial charge is 0.337 e. The summed E-state index contributed by atoms with van der Waals surface area (Å²) in [6.07, 6.45) is 2.27. The molecule has 0 spiro atoms. The van der Waals surface area contributed by atoms with Crippen molar-refractivity contribution < 1.29 is 4.52 Å². The quantitative estimate of drug-likeness (QED) is 0.844. The predicted octanol–water partition coefficient (Wildman–Crippen LogP) is 2.22. The van der Waals surface area contributed by atoms with Gasteiger partial charge in [-0.05, 0) is 30.8 Å². The van der Waals surface area contributed by atoms with Crippen LogP contribution in [0.25, 0.3) is 10.7 Å². The maximum absolute atomic E-state index is 5.26. The summed E-state index contributed by atoms with van der Waals surface area (Å²) in [5, 5.41) is 9.34. The molecule has 1 atom stereocenters. The highest BCUT2D eigenvalue weighted by molar-refractivity contribution is 7.13. The van der Waals surface area contributed by atoms with Crippen molar-refractivity contribution in [2.24, 2.45) is 0 Å². The Bertz CT molecular complexity index is 431. The molecule has 1 N–H and O–H groups in total. The minimum atomic E-state index is 0.256. The van der Waals surface area contributed by atoms with E-state index in [1.807, 2.05) is 17.5 Å². The smallest absolute Gasteiger partial charge is 0.244 e. The van der Waals surface area contributed by atoms with Gasteiger partial charge in [-0.15, -0.1) is 11.3 Å². The van der Waals surface area contributed by atoms with Gasteiger partial charge in [0, 0.05) is 0 Å². The maximum atomic E-state index is 5.26. The Labute approximate surface area is 91.3 Å². The van der Waals surface area contributed by atoms with Crippen molar-refractivity contribution in [3.05, 3.63) is 23.4 Å². The van der Waals surface area contributed by atoms with E-state index in [2.05, 4.69) is 15.5 Å². The molecule has 1 saturated heterocycles. The lowest BCUT2D eigenvalue weighted by atomic mass is 10.2. The summed E-state index contributed by atoms with van der Waals surface area (Å²) in [7, 11) is 0. The van der Waals surface area contributed by atoms with Crippen LogP contribution in [0.2, 0.25) is 0 Å². The highest BCUT2D eigenvalue weighted by atomic mass is 32.1. The minimum Gasteiger partial charge on any atom is -0.337 e. The van der Waals surface area contributed by atoms with Gasteiger partial charge < -0.3 is 9.84 Å². The molecule has 1 fully saturated rings. The standard InChI is InChI=1S/C10H11N3OS/c1-3-7(11-5-1)10-12-9(13-14-10)8-4-2-6-15-8/h2,4,6-7,11H,1,3,5H2/t7-/m1/s1. The molecule has 78 valence electrons. The number of nitrogens with zero attached hydrogens (tertiary/aromatic N) is 2. The lowest BCUT2D eigenvalue weighted by Gasteiger charge is -2.01. The first kappa shape index (κ1) is 9.06.